The Hall–Kier alpha value is -2.48. The molecule has 8 heteroatoms. The maximum atomic E-state index is 12.7. The number of nitro groups is 1. The molecule has 1 fully saturated rings. The molecule has 0 radical (unpaired) electrons. The number of nitro benzene ring substituents is 1. The first-order valence-electron chi connectivity index (χ1n) is 7.73. The zero-order valence-corrected chi connectivity index (χ0v) is 13.5. The topological polar surface area (TPSA) is 99.0 Å². The minimum atomic E-state index is -0.518. The molecule has 1 saturated heterocycles. The summed E-state index contributed by atoms with van der Waals surface area (Å²) in [6.45, 7) is 1.26. The zero-order valence-electron chi connectivity index (χ0n) is 13.5. The van der Waals surface area contributed by atoms with E-state index in [1.54, 1.807) is 0 Å². The number of amides is 1. The summed E-state index contributed by atoms with van der Waals surface area (Å²) < 4.78 is 10.2. The van der Waals surface area contributed by atoms with Crippen molar-refractivity contribution < 1.29 is 24.0 Å². The third kappa shape index (κ3) is 4.76. The lowest BCUT2D eigenvalue weighted by molar-refractivity contribution is -0.384. The fraction of sp³-hybridized carbons (Fsp3) is 0.500. The van der Waals surface area contributed by atoms with Crippen LogP contribution in [-0.4, -0.2) is 54.6 Å². The van der Waals surface area contributed by atoms with Crippen LogP contribution in [-0.2, 0) is 14.3 Å². The van der Waals surface area contributed by atoms with E-state index in [4.69, 9.17) is 4.74 Å². The lowest BCUT2D eigenvalue weighted by Crippen LogP contribution is -2.38. The molecule has 1 aromatic carbocycles. The first-order valence-corrected chi connectivity index (χ1v) is 7.73. The molecule has 24 heavy (non-hydrogen) atoms. The second kappa shape index (κ2) is 8.39. The smallest absolute Gasteiger partial charge is 0.307 e. The van der Waals surface area contributed by atoms with Crippen molar-refractivity contribution >= 4 is 17.6 Å². The summed E-state index contributed by atoms with van der Waals surface area (Å²) in [5, 5.41) is 10.7. The number of non-ortho nitro benzene ring substituents is 1. The third-order valence-corrected chi connectivity index (χ3v) is 3.87. The number of carbonyl (C=O) groups excluding carboxylic acids is 2. The Morgan fingerprint density at radius 1 is 1.38 bits per heavy atom. The van der Waals surface area contributed by atoms with Gasteiger partial charge in [-0.05, 0) is 25.0 Å². The van der Waals surface area contributed by atoms with Gasteiger partial charge in [0, 0.05) is 37.4 Å². The fourth-order valence-corrected chi connectivity index (χ4v) is 2.55. The fourth-order valence-electron chi connectivity index (χ4n) is 2.55. The Kier molecular flexibility index (Phi) is 6.25. The maximum absolute atomic E-state index is 12.7. The van der Waals surface area contributed by atoms with Gasteiger partial charge in [0.1, 0.15) is 0 Å². The molecule has 0 aliphatic carbocycles. The summed E-state index contributed by atoms with van der Waals surface area (Å²) in [6, 6.07) is 5.41. The Morgan fingerprint density at radius 3 is 2.62 bits per heavy atom. The molecule has 0 spiro atoms. The third-order valence-electron chi connectivity index (χ3n) is 3.87. The number of benzene rings is 1. The van der Waals surface area contributed by atoms with E-state index in [1.165, 1.54) is 36.3 Å². The number of rotatable bonds is 7. The van der Waals surface area contributed by atoms with Gasteiger partial charge < -0.3 is 14.4 Å². The van der Waals surface area contributed by atoms with E-state index in [9.17, 15) is 19.7 Å². The van der Waals surface area contributed by atoms with Gasteiger partial charge in [0.2, 0.25) is 0 Å². The predicted octanol–water partition coefficient (Wildman–Crippen LogP) is 1.78. The normalized spacial score (nSPS) is 16.6. The van der Waals surface area contributed by atoms with Crippen LogP contribution in [0.25, 0.3) is 0 Å². The largest absolute Gasteiger partial charge is 0.469 e. The maximum Gasteiger partial charge on any atom is 0.307 e. The van der Waals surface area contributed by atoms with Crippen LogP contribution in [0.1, 0.15) is 29.6 Å². The molecule has 0 N–H and O–H groups in total. The number of hydrogen-bond acceptors (Lipinski definition) is 6. The summed E-state index contributed by atoms with van der Waals surface area (Å²) in [6.07, 6.45) is 1.84. The van der Waals surface area contributed by atoms with Crippen LogP contribution in [0.3, 0.4) is 0 Å². The lowest BCUT2D eigenvalue weighted by Gasteiger charge is -2.25. The number of hydrogen-bond donors (Lipinski definition) is 0. The second-order valence-corrected chi connectivity index (χ2v) is 5.52. The van der Waals surface area contributed by atoms with E-state index < -0.39 is 10.9 Å². The lowest BCUT2D eigenvalue weighted by atomic mass is 10.1. The predicted molar refractivity (Wildman–Crippen MR) is 84.6 cm³/mol. The summed E-state index contributed by atoms with van der Waals surface area (Å²) >= 11 is 0. The number of methoxy groups -OCH3 is 1. The molecule has 1 aliphatic rings. The van der Waals surface area contributed by atoms with Crippen LogP contribution in [0.5, 0.6) is 0 Å². The van der Waals surface area contributed by atoms with Crippen molar-refractivity contribution in [2.24, 2.45) is 0 Å². The van der Waals surface area contributed by atoms with Crippen LogP contribution in [0, 0.1) is 10.1 Å². The quantitative estimate of drug-likeness (QED) is 0.427. The summed E-state index contributed by atoms with van der Waals surface area (Å²) in [4.78, 5) is 35.7. The molecular weight excluding hydrogens is 316 g/mol. The second-order valence-electron chi connectivity index (χ2n) is 5.52. The van der Waals surface area contributed by atoms with E-state index in [0.717, 1.165) is 12.8 Å². The van der Waals surface area contributed by atoms with Gasteiger partial charge >= 0.3 is 5.97 Å². The van der Waals surface area contributed by atoms with Crippen LogP contribution in [0.15, 0.2) is 24.3 Å². The van der Waals surface area contributed by atoms with E-state index in [1.807, 2.05) is 0 Å². The highest BCUT2D eigenvalue weighted by Crippen LogP contribution is 2.17. The minimum absolute atomic E-state index is 0.0513. The molecule has 1 heterocycles. The summed E-state index contributed by atoms with van der Waals surface area (Å²) in [5.74, 6) is -0.687. The van der Waals surface area contributed by atoms with Gasteiger partial charge in [-0.2, -0.15) is 0 Å². The molecule has 1 amide bonds. The molecule has 1 aliphatic heterocycles. The van der Waals surface area contributed by atoms with Crippen LogP contribution in [0.2, 0.25) is 0 Å². The molecule has 0 saturated carbocycles. The van der Waals surface area contributed by atoms with Gasteiger partial charge in [-0.25, -0.2) is 0 Å². The number of carbonyl (C=O) groups is 2. The molecule has 0 bridgehead atoms. The summed E-state index contributed by atoms with van der Waals surface area (Å²) in [5.41, 5.74) is 0.259. The first-order chi connectivity index (χ1) is 11.5. The molecule has 8 nitrogen and oxygen atoms in total. The summed E-state index contributed by atoms with van der Waals surface area (Å²) in [7, 11) is 1.30. The van der Waals surface area contributed by atoms with Crippen LogP contribution >= 0.6 is 0 Å². The molecule has 1 unspecified atom stereocenters. The average molecular weight is 336 g/mol. The van der Waals surface area contributed by atoms with Gasteiger partial charge in [-0.3, -0.25) is 19.7 Å². The molecule has 130 valence electrons. The van der Waals surface area contributed by atoms with Gasteiger partial charge in [0.25, 0.3) is 11.6 Å². The van der Waals surface area contributed by atoms with E-state index in [2.05, 4.69) is 4.74 Å². The molecule has 0 aromatic heterocycles. The van der Waals surface area contributed by atoms with Crippen LogP contribution < -0.4 is 0 Å². The Morgan fingerprint density at radius 2 is 2.08 bits per heavy atom. The van der Waals surface area contributed by atoms with Crippen molar-refractivity contribution in [2.75, 3.05) is 26.8 Å². The van der Waals surface area contributed by atoms with Gasteiger partial charge in [-0.1, -0.05) is 0 Å². The van der Waals surface area contributed by atoms with E-state index in [0.29, 0.717) is 18.7 Å². The Balaban J connectivity index is 2.09. The number of esters is 1. The minimum Gasteiger partial charge on any atom is -0.469 e. The average Bonchev–Trinajstić information content (AvgIpc) is 3.10. The van der Waals surface area contributed by atoms with Gasteiger partial charge in [-0.15, -0.1) is 0 Å². The monoisotopic (exact) mass is 336 g/mol. The molecule has 2 rings (SSSR count). The van der Waals surface area contributed by atoms with Crippen molar-refractivity contribution in [1.29, 1.82) is 0 Å². The van der Waals surface area contributed by atoms with Crippen molar-refractivity contribution in [3.8, 4) is 0 Å². The highest BCUT2D eigenvalue weighted by molar-refractivity contribution is 5.94. The molecule has 1 aromatic rings. The van der Waals surface area contributed by atoms with E-state index in [-0.39, 0.29) is 30.7 Å². The zero-order chi connectivity index (χ0) is 17.5. The van der Waals surface area contributed by atoms with Gasteiger partial charge in [0.15, 0.2) is 0 Å². The van der Waals surface area contributed by atoms with Crippen molar-refractivity contribution in [3.63, 3.8) is 0 Å². The van der Waals surface area contributed by atoms with Crippen molar-refractivity contribution in [2.45, 2.75) is 25.4 Å². The highest BCUT2D eigenvalue weighted by atomic mass is 16.6. The molecule has 1 atom stereocenters. The SMILES string of the molecule is COC(=O)CCN(CC1CCCO1)C(=O)c1ccc([N+](=O)[O-])cc1. The van der Waals surface area contributed by atoms with Gasteiger partial charge in [0.05, 0.1) is 24.6 Å². The first kappa shape index (κ1) is 17.9. The number of ether oxygens (including phenoxy) is 2. The Labute approximate surface area is 139 Å². The molecular formula is C16H20N2O6. The van der Waals surface area contributed by atoms with Crippen molar-refractivity contribution in [1.82, 2.24) is 4.90 Å². The van der Waals surface area contributed by atoms with Crippen molar-refractivity contribution in [3.05, 3.63) is 39.9 Å². The van der Waals surface area contributed by atoms with Crippen LogP contribution in [0.4, 0.5) is 5.69 Å². The van der Waals surface area contributed by atoms with E-state index >= 15 is 0 Å². The highest BCUT2D eigenvalue weighted by Gasteiger charge is 2.24. The number of nitrogens with zero attached hydrogens (tertiary/aromatic N) is 2. The Bertz CT molecular complexity index is 595. The standard InChI is InChI=1S/C16H20N2O6/c1-23-15(19)8-9-17(11-14-3-2-10-24-14)16(20)12-4-6-13(7-5-12)18(21)22/h4-7,14H,2-3,8-11H2,1H3.